The Kier molecular flexibility index (Phi) is 2.83. The fourth-order valence-electron chi connectivity index (χ4n) is 3.31. The minimum absolute atomic E-state index is 0.121. The second kappa shape index (κ2) is 4.72. The van der Waals surface area contributed by atoms with Crippen molar-refractivity contribution in [3.63, 3.8) is 0 Å². The summed E-state index contributed by atoms with van der Waals surface area (Å²) in [7, 11) is 0. The molecule has 110 valence electrons. The van der Waals surface area contributed by atoms with Gasteiger partial charge in [-0.3, -0.25) is 4.79 Å². The quantitative estimate of drug-likeness (QED) is 0.907. The van der Waals surface area contributed by atoms with E-state index in [0.29, 0.717) is 17.4 Å². The predicted molar refractivity (Wildman–Crippen MR) is 77.2 cm³/mol. The lowest BCUT2D eigenvalue weighted by molar-refractivity contribution is 0.436. The van der Waals surface area contributed by atoms with Crippen molar-refractivity contribution < 1.29 is 5.11 Å². The van der Waals surface area contributed by atoms with Crippen LogP contribution in [0.3, 0.4) is 0 Å². The van der Waals surface area contributed by atoms with Gasteiger partial charge in [0.15, 0.2) is 5.82 Å². The van der Waals surface area contributed by atoms with Crippen molar-refractivity contribution in [2.75, 3.05) is 0 Å². The van der Waals surface area contributed by atoms with E-state index in [1.54, 1.807) is 12.5 Å². The van der Waals surface area contributed by atoms with Crippen LogP contribution in [0.1, 0.15) is 56.0 Å². The van der Waals surface area contributed by atoms with Gasteiger partial charge >= 0.3 is 0 Å². The third kappa shape index (κ3) is 2.14. The van der Waals surface area contributed by atoms with E-state index in [-0.39, 0.29) is 17.4 Å². The van der Waals surface area contributed by atoms with Crippen molar-refractivity contribution in [1.82, 2.24) is 19.5 Å². The molecular weight excluding hydrogens is 268 g/mol. The van der Waals surface area contributed by atoms with Crippen LogP contribution in [-0.2, 0) is 0 Å². The van der Waals surface area contributed by atoms with Crippen LogP contribution in [0.4, 0.5) is 0 Å². The van der Waals surface area contributed by atoms with Gasteiger partial charge in [-0.05, 0) is 31.6 Å². The van der Waals surface area contributed by atoms with Gasteiger partial charge in [0.25, 0.3) is 5.56 Å². The summed E-state index contributed by atoms with van der Waals surface area (Å²) in [5.41, 5.74) is 1.00. The molecule has 2 N–H and O–H groups in total. The van der Waals surface area contributed by atoms with E-state index in [4.69, 9.17) is 0 Å². The second-order valence-corrected chi connectivity index (χ2v) is 6.05. The molecule has 0 unspecified atom stereocenters. The average Bonchev–Trinajstić information content (AvgIpc) is 2.98. The standard InChI is InChI=1S/C15H18N4O2/c20-14-12(9-3-1-2-4-9)15(21)18-13(17-14)11-7-16-8-19(11)10-5-6-10/h7-10H,1-6H2,(H2,17,18,20,21). The molecule has 21 heavy (non-hydrogen) atoms. The molecule has 2 aliphatic rings. The third-order valence-corrected chi connectivity index (χ3v) is 4.55. The predicted octanol–water partition coefficient (Wildman–Crippen LogP) is 2.33. The summed E-state index contributed by atoms with van der Waals surface area (Å²) in [4.78, 5) is 23.6. The lowest BCUT2D eigenvalue weighted by atomic mass is 10.00. The SMILES string of the molecule is O=c1[nH]c(-c2cncn2C2CC2)nc(O)c1C1CCCC1. The van der Waals surface area contributed by atoms with Gasteiger partial charge in [0.05, 0.1) is 18.1 Å². The van der Waals surface area contributed by atoms with Crippen LogP contribution in [0.2, 0.25) is 0 Å². The van der Waals surface area contributed by atoms with E-state index in [9.17, 15) is 9.90 Å². The zero-order valence-corrected chi connectivity index (χ0v) is 11.7. The highest BCUT2D eigenvalue weighted by molar-refractivity contribution is 5.50. The largest absolute Gasteiger partial charge is 0.493 e. The molecule has 0 radical (unpaired) electrons. The molecule has 0 aliphatic heterocycles. The molecular formula is C15H18N4O2. The monoisotopic (exact) mass is 286 g/mol. The Hall–Kier alpha value is -2.11. The molecule has 0 amide bonds. The maximum absolute atomic E-state index is 12.4. The number of aromatic amines is 1. The Morgan fingerprint density at radius 1 is 1.24 bits per heavy atom. The Morgan fingerprint density at radius 2 is 2.00 bits per heavy atom. The van der Waals surface area contributed by atoms with E-state index in [0.717, 1.165) is 44.2 Å². The van der Waals surface area contributed by atoms with E-state index in [2.05, 4.69) is 15.0 Å². The molecule has 2 aromatic rings. The van der Waals surface area contributed by atoms with Crippen LogP contribution < -0.4 is 5.56 Å². The van der Waals surface area contributed by atoms with E-state index in [1.165, 1.54) is 0 Å². The summed E-state index contributed by atoms with van der Waals surface area (Å²) in [6.07, 6.45) is 9.83. The van der Waals surface area contributed by atoms with Crippen LogP contribution in [0, 0.1) is 0 Å². The van der Waals surface area contributed by atoms with Crippen molar-refractivity contribution in [3.8, 4) is 17.4 Å². The summed E-state index contributed by atoms with van der Waals surface area (Å²) >= 11 is 0. The highest BCUT2D eigenvalue weighted by Gasteiger charge is 2.28. The molecule has 0 saturated heterocycles. The van der Waals surface area contributed by atoms with Gasteiger partial charge in [0.2, 0.25) is 5.88 Å². The molecule has 2 fully saturated rings. The number of aromatic nitrogens is 4. The van der Waals surface area contributed by atoms with Crippen LogP contribution >= 0.6 is 0 Å². The molecule has 6 nitrogen and oxygen atoms in total. The summed E-state index contributed by atoms with van der Waals surface area (Å²) in [6, 6.07) is 0.449. The molecule has 0 aromatic carbocycles. The van der Waals surface area contributed by atoms with Crippen molar-refractivity contribution in [3.05, 3.63) is 28.4 Å². The van der Waals surface area contributed by atoms with Gasteiger partial charge in [-0.1, -0.05) is 12.8 Å². The number of imidazole rings is 1. The van der Waals surface area contributed by atoms with Gasteiger partial charge in [0.1, 0.15) is 5.69 Å². The zero-order valence-electron chi connectivity index (χ0n) is 11.7. The Bertz CT molecular complexity index is 724. The maximum Gasteiger partial charge on any atom is 0.258 e. The highest BCUT2D eigenvalue weighted by atomic mass is 16.3. The molecule has 2 heterocycles. The third-order valence-electron chi connectivity index (χ3n) is 4.55. The first-order chi connectivity index (χ1) is 10.2. The van der Waals surface area contributed by atoms with Crippen LogP contribution in [0.25, 0.3) is 11.5 Å². The minimum Gasteiger partial charge on any atom is -0.493 e. The number of nitrogens with one attached hydrogen (secondary N) is 1. The van der Waals surface area contributed by atoms with Crippen LogP contribution in [0.15, 0.2) is 17.3 Å². The molecule has 0 bridgehead atoms. The van der Waals surface area contributed by atoms with Gasteiger partial charge < -0.3 is 14.7 Å². The molecule has 0 spiro atoms. The normalized spacial score (nSPS) is 19.2. The fraction of sp³-hybridized carbons (Fsp3) is 0.533. The molecule has 6 heteroatoms. The number of nitrogens with zero attached hydrogens (tertiary/aromatic N) is 3. The Morgan fingerprint density at radius 3 is 2.67 bits per heavy atom. The van der Waals surface area contributed by atoms with E-state index in [1.807, 2.05) is 4.57 Å². The first-order valence-electron chi connectivity index (χ1n) is 7.59. The average molecular weight is 286 g/mol. The van der Waals surface area contributed by atoms with Crippen molar-refractivity contribution in [1.29, 1.82) is 0 Å². The second-order valence-electron chi connectivity index (χ2n) is 6.05. The van der Waals surface area contributed by atoms with Gasteiger partial charge in [0, 0.05) is 6.04 Å². The van der Waals surface area contributed by atoms with Crippen LogP contribution in [-0.4, -0.2) is 24.6 Å². The molecule has 4 rings (SSSR count). The fourth-order valence-corrected chi connectivity index (χ4v) is 3.31. The van der Waals surface area contributed by atoms with Gasteiger partial charge in [-0.15, -0.1) is 0 Å². The molecule has 2 aliphatic carbocycles. The summed E-state index contributed by atoms with van der Waals surface area (Å²) in [6.45, 7) is 0. The van der Waals surface area contributed by atoms with Crippen molar-refractivity contribution in [2.45, 2.75) is 50.5 Å². The summed E-state index contributed by atoms with van der Waals surface area (Å²) in [5, 5.41) is 10.2. The number of H-pyrrole nitrogens is 1. The number of aromatic hydroxyl groups is 1. The van der Waals surface area contributed by atoms with Crippen LogP contribution in [0.5, 0.6) is 5.88 Å². The van der Waals surface area contributed by atoms with E-state index >= 15 is 0 Å². The summed E-state index contributed by atoms with van der Waals surface area (Å²) < 4.78 is 2.02. The topological polar surface area (TPSA) is 83.8 Å². The lowest BCUT2D eigenvalue weighted by Gasteiger charge is -2.11. The Labute approximate surface area is 121 Å². The minimum atomic E-state index is -0.215. The first kappa shape index (κ1) is 12.6. The smallest absolute Gasteiger partial charge is 0.258 e. The molecule has 0 atom stereocenters. The number of hydrogen-bond donors (Lipinski definition) is 2. The Balaban J connectivity index is 1.77. The van der Waals surface area contributed by atoms with E-state index < -0.39 is 0 Å². The van der Waals surface area contributed by atoms with Crippen molar-refractivity contribution >= 4 is 0 Å². The van der Waals surface area contributed by atoms with Gasteiger partial charge in [-0.2, -0.15) is 4.98 Å². The van der Waals surface area contributed by atoms with Gasteiger partial charge in [-0.25, -0.2) is 4.98 Å². The summed E-state index contributed by atoms with van der Waals surface area (Å²) in [5.74, 6) is 0.427. The highest BCUT2D eigenvalue weighted by Crippen LogP contribution is 2.38. The molecule has 2 saturated carbocycles. The number of hydrogen-bond acceptors (Lipinski definition) is 4. The molecule has 2 aromatic heterocycles. The zero-order chi connectivity index (χ0) is 14.4. The first-order valence-corrected chi connectivity index (χ1v) is 7.59. The number of rotatable bonds is 3. The maximum atomic E-state index is 12.4. The van der Waals surface area contributed by atoms with Crippen molar-refractivity contribution in [2.24, 2.45) is 0 Å². The lowest BCUT2D eigenvalue weighted by Crippen LogP contribution is -2.18.